The zero-order valence-corrected chi connectivity index (χ0v) is 12.6. The fourth-order valence-corrected chi connectivity index (χ4v) is 6.18. The highest BCUT2D eigenvalue weighted by molar-refractivity contribution is 6.72. The number of halogens is 1. The molecule has 106 valence electrons. The quantitative estimate of drug-likeness (QED) is 0.344. The first kappa shape index (κ1) is 14.2. The van der Waals surface area contributed by atoms with Crippen molar-refractivity contribution in [3.05, 3.63) is 12.2 Å². The minimum Gasteiger partial charge on any atom is -0.469 e. The second-order valence-corrected chi connectivity index (χ2v) is 9.52. The summed E-state index contributed by atoms with van der Waals surface area (Å²) in [4.78, 5) is 23.9. The predicted molar refractivity (Wildman–Crippen MR) is 69.5 cm³/mol. The average Bonchev–Trinajstić information content (AvgIpc) is 2.91. The highest BCUT2D eigenvalue weighted by Gasteiger charge is 2.63. The molecule has 6 heteroatoms. The normalized spacial score (nSPS) is 36.4. The maximum absolute atomic E-state index is 14.5. The molecule has 2 rings (SSSR count). The Bertz CT molecular complexity index is 397. The minimum absolute atomic E-state index is 0.242. The Morgan fingerprint density at radius 2 is 1.37 bits per heavy atom. The second-order valence-electron chi connectivity index (χ2n) is 5.73. The van der Waals surface area contributed by atoms with Gasteiger partial charge in [-0.2, -0.15) is 0 Å². The first-order valence-electron chi connectivity index (χ1n) is 6.35. The van der Waals surface area contributed by atoms with Gasteiger partial charge < -0.3 is 13.6 Å². The third-order valence-corrected chi connectivity index (χ3v) is 6.70. The van der Waals surface area contributed by atoms with E-state index in [1.54, 1.807) is 13.1 Å². The van der Waals surface area contributed by atoms with Crippen LogP contribution in [0.4, 0.5) is 4.11 Å². The maximum Gasteiger partial charge on any atom is 0.310 e. The van der Waals surface area contributed by atoms with Gasteiger partial charge in [0.1, 0.15) is 0 Å². The molecule has 0 saturated heterocycles. The van der Waals surface area contributed by atoms with Crippen molar-refractivity contribution in [3.63, 3.8) is 0 Å². The van der Waals surface area contributed by atoms with E-state index in [1.807, 2.05) is 12.2 Å². The molecule has 2 bridgehead atoms. The number of carbonyl (C=O) groups excluding carboxylic acids is 2. The van der Waals surface area contributed by atoms with Gasteiger partial charge in [-0.05, 0) is 30.5 Å². The molecule has 2 aliphatic rings. The van der Waals surface area contributed by atoms with Crippen molar-refractivity contribution in [2.24, 2.45) is 23.7 Å². The Kier molecular flexibility index (Phi) is 3.55. The topological polar surface area (TPSA) is 52.6 Å². The van der Waals surface area contributed by atoms with Crippen LogP contribution in [0.25, 0.3) is 0 Å². The average molecular weight is 286 g/mol. The molecule has 0 radical (unpaired) electrons. The molecular weight excluding hydrogens is 267 g/mol. The molecule has 0 heterocycles. The molecule has 0 aromatic carbocycles. The summed E-state index contributed by atoms with van der Waals surface area (Å²) in [5.74, 6) is -2.60. The Hall–Kier alpha value is -1.17. The van der Waals surface area contributed by atoms with Gasteiger partial charge in [-0.1, -0.05) is 12.2 Å². The van der Waals surface area contributed by atoms with Crippen molar-refractivity contribution in [1.82, 2.24) is 0 Å². The molecule has 1 unspecified atom stereocenters. The van der Waals surface area contributed by atoms with Gasteiger partial charge in [0.15, 0.2) is 0 Å². The summed E-state index contributed by atoms with van der Waals surface area (Å²) >= 11 is 0. The van der Waals surface area contributed by atoms with Crippen molar-refractivity contribution in [2.75, 3.05) is 14.2 Å². The van der Waals surface area contributed by atoms with E-state index in [1.165, 1.54) is 14.2 Å². The van der Waals surface area contributed by atoms with Crippen molar-refractivity contribution in [1.29, 1.82) is 0 Å². The van der Waals surface area contributed by atoms with E-state index < -0.39 is 32.2 Å². The molecule has 19 heavy (non-hydrogen) atoms. The number of methoxy groups -OCH3 is 2. The van der Waals surface area contributed by atoms with Crippen molar-refractivity contribution < 1.29 is 23.2 Å². The fourth-order valence-electron chi connectivity index (χ4n) is 3.71. The lowest BCUT2D eigenvalue weighted by molar-refractivity contribution is -0.158. The highest BCUT2D eigenvalue weighted by Crippen LogP contribution is 2.60. The van der Waals surface area contributed by atoms with Crippen LogP contribution in [0.5, 0.6) is 0 Å². The van der Waals surface area contributed by atoms with Gasteiger partial charge in [0.05, 0.1) is 26.1 Å². The van der Waals surface area contributed by atoms with E-state index in [4.69, 9.17) is 9.47 Å². The van der Waals surface area contributed by atoms with Crippen LogP contribution < -0.4 is 0 Å². The van der Waals surface area contributed by atoms with E-state index >= 15 is 0 Å². The molecule has 1 fully saturated rings. The molecule has 4 nitrogen and oxygen atoms in total. The number of hydrogen-bond donors (Lipinski definition) is 0. The summed E-state index contributed by atoms with van der Waals surface area (Å²) in [5, 5.41) is 0. The zero-order chi connectivity index (χ0) is 14.4. The van der Waals surface area contributed by atoms with Gasteiger partial charge >= 0.3 is 11.9 Å². The Balaban J connectivity index is 2.40. The molecule has 0 aromatic heterocycles. The molecule has 2 aliphatic carbocycles. The highest BCUT2D eigenvalue weighted by atomic mass is 28.4. The second kappa shape index (κ2) is 4.74. The van der Waals surface area contributed by atoms with Crippen LogP contribution in [0.15, 0.2) is 12.2 Å². The third-order valence-electron chi connectivity index (χ3n) is 4.34. The molecular formula is C13H19FO4Si. The number of fused-ring (bicyclic) bond motifs is 2. The lowest BCUT2D eigenvalue weighted by Crippen LogP contribution is -2.34. The fraction of sp³-hybridized carbons (Fsp3) is 0.692. The van der Waals surface area contributed by atoms with Crippen molar-refractivity contribution in [2.45, 2.75) is 18.6 Å². The van der Waals surface area contributed by atoms with Crippen molar-refractivity contribution in [3.8, 4) is 0 Å². The van der Waals surface area contributed by atoms with Gasteiger partial charge in [-0.25, -0.2) is 0 Å². The number of esters is 2. The summed E-state index contributed by atoms with van der Waals surface area (Å²) in [5.41, 5.74) is -0.249. The summed E-state index contributed by atoms with van der Waals surface area (Å²) in [6, 6.07) is 0. The van der Waals surface area contributed by atoms with E-state index in [0.29, 0.717) is 0 Å². The first-order chi connectivity index (χ1) is 8.82. The molecule has 0 aliphatic heterocycles. The van der Waals surface area contributed by atoms with Crippen LogP contribution in [0, 0.1) is 23.7 Å². The number of ether oxygens (including phenoxy) is 2. The van der Waals surface area contributed by atoms with E-state index in [2.05, 4.69) is 0 Å². The molecule has 0 amide bonds. The van der Waals surface area contributed by atoms with Gasteiger partial charge in [-0.3, -0.25) is 9.59 Å². The number of rotatable bonds is 3. The largest absolute Gasteiger partial charge is 0.469 e. The van der Waals surface area contributed by atoms with E-state index in [0.717, 1.165) is 0 Å². The van der Waals surface area contributed by atoms with Crippen LogP contribution in [0.3, 0.4) is 0 Å². The molecule has 0 N–H and O–H groups in total. The SMILES string of the molecule is COC(=O)[C@@H]1[C@@H](C(=O)OC)[C@H]2C=C[C@@H]1C2[Si](C)(C)F. The zero-order valence-electron chi connectivity index (χ0n) is 11.6. The first-order valence-corrected chi connectivity index (χ1v) is 9.31. The van der Waals surface area contributed by atoms with Crippen LogP contribution in [0.1, 0.15) is 0 Å². The van der Waals surface area contributed by atoms with Gasteiger partial charge in [0, 0.05) is 0 Å². The summed E-state index contributed by atoms with van der Waals surface area (Å²) in [6.07, 6.45) is 3.73. The van der Waals surface area contributed by atoms with Crippen LogP contribution in [-0.4, -0.2) is 34.6 Å². The van der Waals surface area contributed by atoms with Gasteiger partial charge in [0.2, 0.25) is 8.41 Å². The molecule has 0 aromatic rings. The Labute approximate surface area is 113 Å². The standard InChI is InChI=1S/C13H19FO4Si/c1-17-12(15)9-7-5-6-8(10(9)13(16)18-2)11(7)19(3,4)14/h5-11H,1-4H3/t7-,8+,9-,10-,11?/m0/s1. The Morgan fingerprint density at radius 1 is 1.00 bits per heavy atom. The predicted octanol–water partition coefficient (Wildman–Crippen LogP) is 1.93. The van der Waals surface area contributed by atoms with Crippen LogP contribution >= 0.6 is 0 Å². The summed E-state index contributed by atoms with van der Waals surface area (Å²) < 4.78 is 24.1. The lowest BCUT2D eigenvalue weighted by Gasteiger charge is -2.25. The third kappa shape index (κ3) is 2.11. The van der Waals surface area contributed by atoms with E-state index in [9.17, 15) is 13.7 Å². The minimum atomic E-state index is -2.97. The summed E-state index contributed by atoms with van der Waals surface area (Å²) in [6.45, 7) is 3.25. The van der Waals surface area contributed by atoms with Crippen molar-refractivity contribution >= 4 is 20.3 Å². The molecule has 0 spiro atoms. The van der Waals surface area contributed by atoms with Crippen LogP contribution in [0.2, 0.25) is 18.6 Å². The number of hydrogen-bond acceptors (Lipinski definition) is 4. The summed E-state index contributed by atoms with van der Waals surface area (Å²) in [7, 11) is -0.385. The van der Waals surface area contributed by atoms with Gasteiger partial charge in [0.25, 0.3) is 0 Å². The van der Waals surface area contributed by atoms with E-state index in [-0.39, 0.29) is 17.4 Å². The Morgan fingerprint density at radius 3 is 1.63 bits per heavy atom. The smallest absolute Gasteiger partial charge is 0.310 e. The number of carbonyl (C=O) groups is 2. The molecule has 1 saturated carbocycles. The van der Waals surface area contributed by atoms with Gasteiger partial charge in [-0.15, -0.1) is 0 Å². The monoisotopic (exact) mass is 286 g/mol. The maximum atomic E-state index is 14.5. The lowest BCUT2D eigenvalue weighted by atomic mass is 9.83. The van der Waals surface area contributed by atoms with Crippen LogP contribution in [-0.2, 0) is 19.1 Å². The molecule has 5 atom stereocenters. The number of allylic oxidation sites excluding steroid dienone is 2.